The zero-order valence-electron chi connectivity index (χ0n) is 3.62. The molecule has 0 bridgehead atoms. The third-order valence-corrected chi connectivity index (χ3v) is 1.75. The van der Waals surface area contributed by atoms with Gasteiger partial charge in [-0.2, -0.15) is 0 Å². The van der Waals surface area contributed by atoms with E-state index in [4.69, 9.17) is 0 Å². The fourth-order valence-corrected chi connectivity index (χ4v) is 1.18. The Bertz CT molecular complexity index is 24.3. The number of hydrogen-bond acceptors (Lipinski definition) is 2. The Morgan fingerprint density at radius 2 is 1.83 bits per heavy atom. The first-order valence-corrected chi connectivity index (χ1v) is 3.54. The van der Waals surface area contributed by atoms with Crippen LogP contribution in [0, 0.1) is 0 Å². The maximum atomic E-state index is 3.19. The Morgan fingerprint density at radius 3 is 2.00 bits per heavy atom. The third kappa shape index (κ3) is 1.08. The van der Waals surface area contributed by atoms with E-state index in [2.05, 4.69) is 10.6 Å². The van der Waals surface area contributed by atoms with Crippen LogP contribution in [0.15, 0.2) is 0 Å². The standard InChI is InChI=1S/C3H8N2Si/c1-4-2-6-3-5-1/h4-5H,1-3H2. The molecule has 2 N–H and O–H groups in total. The van der Waals surface area contributed by atoms with Crippen molar-refractivity contribution in [3.05, 3.63) is 0 Å². The molecule has 1 rings (SSSR count). The third-order valence-electron chi connectivity index (χ3n) is 0.750. The van der Waals surface area contributed by atoms with E-state index in [0.717, 1.165) is 16.2 Å². The molecule has 1 aliphatic rings. The normalized spacial score (nSPS) is 24.0. The Labute approximate surface area is 40.1 Å². The van der Waals surface area contributed by atoms with Crippen molar-refractivity contribution in [3.8, 4) is 0 Å². The summed E-state index contributed by atoms with van der Waals surface area (Å²) >= 11 is 0. The van der Waals surface area contributed by atoms with E-state index in [1.54, 1.807) is 0 Å². The van der Waals surface area contributed by atoms with Gasteiger partial charge < -0.3 is 10.6 Å². The Hall–Kier alpha value is 0.137. The van der Waals surface area contributed by atoms with E-state index in [1.807, 2.05) is 0 Å². The minimum atomic E-state index is 1.01. The van der Waals surface area contributed by atoms with Crippen LogP contribution in [0.4, 0.5) is 0 Å². The highest BCUT2D eigenvalue weighted by atomic mass is 28.2. The van der Waals surface area contributed by atoms with Crippen LogP contribution in [0.25, 0.3) is 0 Å². The van der Waals surface area contributed by atoms with Gasteiger partial charge in [0.1, 0.15) is 0 Å². The maximum Gasteiger partial charge on any atom is 0.0743 e. The molecule has 6 heavy (non-hydrogen) atoms. The minimum absolute atomic E-state index is 1.01. The molecule has 0 atom stereocenters. The van der Waals surface area contributed by atoms with Crippen molar-refractivity contribution in [3.63, 3.8) is 0 Å². The summed E-state index contributed by atoms with van der Waals surface area (Å²) in [7, 11) is 1.08. The zero-order chi connectivity index (χ0) is 4.24. The largest absolute Gasteiger partial charge is 0.308 e. The van der Waals surface area contributed by atoms with Gasteiger partial charge in [0.25, 0.3) is 0 Å². The summed E-state index contributed by atoms with van der Waals surface area (Å²) in [6.45, 7) is 1.01. The highest BCUT2D eigenvalue weighted by Crippen LogP contribution is 1.62. The molecule has 1 fully saturated rings. The number of rotatable bonds is 0. The molecule has 0 aliphatic carbocycles. The van der Waals surface area contributed by atoms with Crippen LogP contribution >= 0.6 is 0 Å². The van der Waals surface area contributed by atoms with Gasteiger partial charge in [-0.3, -0.25) is 0 Å². The Kier molecular flexibility index (Phi) is 1.67. The molecule has 2 radical (unpaired) electrons. The first kappa shape index (κ1) is 4.30. The highest BCUT2D eigenvalue weighted by Gasteiger charge is 1.93. The first-order valence-electron chi connectivity index (χ1n) is 2.12. The predicted molar refractivity (Wildman–Crippen MR) is 26.6 cm³/mol. The molecular weight excluding hydrogens is 92.1 g/mol. The average Bonchev–Trinajstić information content (AvgIpc) is 1.72. The van der Waals surface area contributed by atoms with Crippen LogP contribution in [-0.2, 0) is 0 Å². The zero-order valence-corrected chi connectivity index (χ0v) is 4.62. The van der Waals surface area contributed by atoms with Gasteiger partial charge in [-0.1, -0.05) is 0 Å². The number of hydrogen-bond donors (Lipinski definition) is 2. The predicted octanol–water partition coefficient (Wildman–Crippen LogP) is -1.24. The number of nitrogens with one attached hydrogen (secondary N) is 2. The van der Waals surface area contributed by atoms with Crippen LogP contribution < -0.4 is 10.6 Å². The molecule has 0 saturated carbocycles. The van der Waals surface area contributed by atoms with E-state index in [1.165, 1.54) is 12.3 Å². The molecule has 1 aliphatic heterocycles. The molecule has 1 saturated heterocycles. The van der Waals surface area contributed by atoms with E-state index in [0.29, 0.717) is 0 Å². The van der Waals surface area contributed by atoms with Gasteiger partial charge in [-0.05, 0) is 12.3 Å². The van der Waals surface area contributed by atoms with Crippen molar-refractivity contribution >= 4 is 9.52 Å². The monoisotopic (exact) mass is 100 g/mol. The summed E-state index contributed by atoms with van der Waals surface area (Å²) in [5.74, 6) is 0. The molecule has 0 aromatic heterocycles. The second kappa shape index (κ2) is 2.33. The molecule has 2 nitrogen and oxygen atoms in total. The first-order chi connectivity index (χ1) is 3.00. The smallest absolute Gasteiger partial charge is 0.0743 e. The van der Waals surface area contributed by atoms with Crippen LogP contribution in [0.3, 0.4) is 0 Å². The summed E-state index contributed by atoms with van der Waals surface area (Å²) < 4.78 is 0. The van der Waals surface area contributed by atoms with Gasteiger partial charge in [-0.25, -0.2) is 0 Å². The summed E-state index contributed by atoms with van der Waals surface area (Å²) in [6.07, 6.45) is 2.43. The molecule has 0 amide bonds. The van der Waals surface area contributed by atoms with Crippen molar-refractivity contribution < 1.29 is 0 Å². The van der Waals surface area contributed by atoms with E-state index < -0.39 is 0 Å². The van der Waals surface area contributed by atoms with E-state index >= 15 is 0 Å². The molecule has 34 valence electrons. The summed E-state index contributed by atoms with van der Waals surface area (Å²) in [5, 5.41) is 6.37. The van der Waals surface area contributed by atoms with E-state index in [9.17, 15) is 0 Å². The fraction of sp³-hybridized carbons (Fsp3) is 1.00. The summed E-state index contributed by atoms with van der Waals surface area (Å²) in [6, 6.07) is 0. The van der Waals surface area contributed by atoms with Crippen LogP contribution in [-0.4, -0.2) is 28.5 Å². The van der Waals surface area contributed by atoms with E-state index in [-0.39, 0.29) is 0 Å². The minimum Gasteiger partial charge on any atom is -0.308 e. The van der Waals surface area contributed by atoms with Crippen LogP contribution in [0.2, 0.25) is 0 Å². The second-order valence-corrected chi connectivity index (χ2v) is 2.49. The lowest BCUT2D eigenvalue weighted by molar-refractivity contribution is 0.644. The summed E-state index contributed by atoms with van der Waals surface area (Å²) in [4.78, 5) is 0. The lowest BCUT2D eigenvalue weighted by Gasteiger charge is -2.10. The van der Waals surface area contributed by atoms with Crippen molar-refractivity contribution in [2.75, 3.05) is 19.0 Å². The highest BCUT2D eigenvalue weighted by molar-refractivity contribution is 6.36. The molecule has 3 heteroatoms. The quantitative estimate of drug-likeness (QED) is 0.372. The molecule has 0 aromatic carbocycles. The SMILES string of the molecule is C1NC[Si]CN1. The topological polar surface area (TPSA) is 24.1 Å². The van der Waals surface area contributed by atoms with Crippen molar-refractivity contribution in [2.24, 2.45) is 0 Å². The molecular formula is C3H8N2Si. The van der Waals surface area contributed by atoms with Gasteiger partial charge in [-0.15, -0.1) is 0 Å². The second-order valence-electron chi connectivity index (χ2n) is 1.28. The summed E-state index contributed by atoms with van der Waals surface area (Å²) in [5.41, 5.74) is 0. The van der Waals surface area contributed by atoms with Gasteiger partial charge in [0.2, 0.25) is 0 Å². The Balaban J connectivity index is 2.00. The molecule has 0 spiro atoms. The average molecular weight is 100 g/mol. The van der Waals surface area contributed by atoms with Gasteiger partial charge in [0.15, 0.2) is 0 Å². The van der Waals surface area contributed by atoms with Crippen molar-refractivity contribution in [2.45, 2.75) is 0 Å². The lowest BCUT2D eigenvalue weighted by Crippen LogP contribution is -2.42. The van der Waals surface area contributed by atoms with Gasteiger partial charge in [0.05, 0.1) is 9.52 Å². The lowest BCUT2D eigenvalue weighted by atomic mass is 11.0. The van der Waals surface area contributed by atoms with Gasteiger partial charge in [0, 0.05) is 6.67 Å². The maximum absolute atomic E-state index is 3.19. The molecule has 1 heterocycles. The van der Waals surface area contributed by atoms with Crippen molar-refractivity contribution in [1.82, 2.24) is 10.6 Å². The van der Waals surface area contributed by atoms with Gasteiger partial charge >= 0.3 is 0 Å². The molecule has 0 unspecified atom stereocenters. The van der Waals surface area contributed by atoms with Crippen LogP contribution in [0.1, 0.15) is 0 Å². The van der Waals surface area contributed by atoms with Crippen molar-refractivity contribution in [1.29, 1.82) is 0 Å². The van der Waals surface area contributed by atoms with Crippen LogP contribution in [0.5, 0.6) is 0 Å². The fourth-order valence-electron chi connectivity index (χ4n) is 0.453. The molecule has 0 aromatic rings. The Morgan fingerprint density at radius 1 is 1.17 bits per heavy atom.